The lowest BCUT2D eigenvalue weighted by Crippen LogP contribution is -2.15. The molecule has 2 N–H and O–H groups in total. The Morgan fingerprint density at radius 3 is 2.41 bits per heavy atom. The van der Waals surface area contributed by atoms with Crippen LogP contribution in [0.25, 0.3) is 0 Å². The highest BCUT2D eigenvalue weighted by molar-refractivity contribution is 4.85. The Labute approximate surface area is 105 Å². The number of aromatic nitrogens is 2. The summed E-state index contributed by atoms with van der Waals surface area (Å²) >= 11 is 0. The standard InChI is InChI=1S/C14H27N3/c1-2-3-4-5-6-7-8-9-10-15-13-14-16-11-12-17-14/h11-12,15H,2-10,13H2,1H3,(H,16,17). The number of hydrogen-bond donors (Lipinski definition) is 2. The second-order valence-corrected chi connectivity index (χ2v) is 4.69. The third-order valence-corrected chi connectivity index (χ3v) is 3.05. The van der Waals surface area contributed by atoms with Crippen molar-refractivity contribution in [2.24, 2.45) is 0 Å². The Bertz CT molecular complexity index is 244. The summed E-state index contributed by atoms with van der Waals surface area (Å²) in [6.07, 6.45) is 14.7. The Kier molecular flexibility index (Phi) is 8.65. The fourth-order valence-corrected chi connectivity index (χ4v) is 1.99. The molecule has 1 aromatic heterocycles. The molecule has 0 saturated carbocycles. The summed E-state index contributed by atoms with van der Waals surface area (Å²) in [5.74, 6) is 1.03. The average molecular weight is 237 g/mol. The van der Waals surface area contributed by atoms with Crippen LogP contribution in [-0.4, -0.2) is 16.5 Å². The maximum Gasteiger partial charge on any atom is 0.120 e. The molecular weight excluding hydrogens is 210 g/mol. The average Bonchev–Trinajstić information content (AvgIpc) is 2.85. The van der Waals surface area contributed by atoms with Crippen molar-refractivity contribution in [3.05, 3.63) is 18.2 Å². The van der Waals surface area contributed by atoms with Gasteiger partial charge in [0.25, 0.3) is 0 Å². The monoisotopic (exact) mass is 237 g/mol. The lowest BCUT2D eigenvalue weighted by molar-refractivity contribution is 0.552. The molecule has 0 aliphatic carbocycles. The van der Waals surface area contributed by atoms with E-state index in [4.69, 9.17) is 0 Å². The highest BCUT2D eigenvalue weighted by Gasteiger charge is 1.94. The molecule has 0 saturated heterocycles. The van der Waals surface area contributed by atoms with Gasteiger partial charge in [-0.2, -0.15) is 0 Å². The van der Waals surface area contributed by atoms with Crippen molar-refractivity contribution in [1.82, 2.24) is 15.3 Å². The van der Waals surface area contributed by atoms with Crippen LogP contribution < -0.4 is 5.32 Å². The first-order chi connectivity index (χ1) is 8.43. The predicted molar refractivity (Wildman–Crippen MR) is 72.9 cm³/mol. The van der Waals surface area contributed by atoms with Crippen molar-refractivity contribution in [2.75, 3.05) is 6.54 Å². The van der Waals surface area contributed by atoms with E-state index in [2.05, 4.69) is 22.2 Å². The highest BCUT2D eigenvalue weighted by Crippen LogP contribution is 2.07. The predicted octanol–water partition coefficient (Wildman–Crippen LogP) is 3.64. The fraction of sp³-hybridized carbons (Fsp3) is 0.786. The minimum atomic E-state index is 0.865. The van der Waals surface area contributed by atoms with E-state index >= 15 is 0 Å². The number of H-pyrrole nitrogens is 1. The van der Waals surface area contributed by atoms with Crippen LogP contribution in [0.1, 0.15) is 64.1 Å². The van der Waals surface area contributed by atoms with E-state index < -0.39 is 0 Å². The normalized spacial score (nSPS) is 10.9. The van der Waals surface area contributed by atoms with E-state index in [-0.39, 0.29) is 0 Å². The quantitative estimate of drug-likeness (QED) is 0.577. The fourth-order valence-electron chi connectivity index (χ4n) is 1.99. The molecule has 0 aromatic carbocycles. The number of aromatic amines is 1. The van der Waals surface area contributed by atoms with Crippen LogP contribution in [0.2, 0.25) is 0 Å². The zero-order chi connectivity index (χ0) is 12.2. The topological polar surface area (TPSA) is 40.7 Å². The van der Waals surface area contributed by atoms with Gasteiger partial charge in [0.15, 0.2) is 0 Å². The van der Waals surface area contributed by atoms with E-state index in [1.807, 2.05) is 6.20 Å². The Morgan fingerprint density at radius 1 is 1.06 bits per heavy atom. The lowest BCUT2D eigenvalue weighted by Gasteiger charge is -2.03. The molecule has 17 heavy (non-hydrogen) atoms. The van der Waals surface area contributed by atoms with Gasteiger partial charge in [0.1, 0.15) is 5.82 Å². The summed E-state index contributed by atoms with van der Waals surface area (Å²) in [7, 11) is 0. The van der Waals surface area contributed by atoms with Crippen LogP contribution in [0.4, 0.5) is 0 Å². The first-order valence-corrected chi connectivity index (χ1v) is 7.12. The molecule has 0 radical (unpaired) electrons. The van der Waals surface area contributed by atoms with E-state index in [1.54, 1.807) is 6.20 Å². The Hall–Kier alpha value is -0.830. The number of nitrogens with zero attached hydrogens (tertiary/aromatic N) is 1. The minimum Gasteiger partial charge on any atom is -0.348 e. The summed E-state index contributed by atoms with van der Waals surface area (Å²) in [5, 5.41) is 3.41. The maximum absolute atomic E-state index is 4.17. The van der Waals surface area contributed by atoms with Gasteiger partial charge in [-0.15, -0.1) is 0 Å². The largest absolute Gasteiger partial charge is 0.348 e. The molecule has 1 rings (SSSR count). The van der Waals surface area contributed by atoms with E-state index in [0.717, 1.165) is 18.9 Å². The van der Waals surface area contributed by atoms with Crippen molar-refractivity contribution >= 4 is 0 Å². The number of imidazole rings is 1. The summed E-state index contributed by atoms with van der Waals surface area (Å²) in [4.78, 5) is 7.27. The number of rotatable bonds is 11. The molecule has 1 aromatic rings. The molecule has 0 unspecified atom stereocenters. The van der Waals surface area contributed by atoms with Crippen LogP contribution in [0.15, 0.2) is 12.4 Å². The van der Waals surface area contributed by atoms with Gasteiger partial charge in [-0.3, -0.25) is 0 Å². The number of nitrogens with one attached hydrogen (secondary N) is 2. The van der Waals surface area contributed by atoms with Gasteiger partial charge in [-0.25, -0.2) is 4.98 Å². The zero-order valence-electron chi connectivity index (χ0n) is 11.2. The number of hydrogen-bond acceptors (Lipinski definition) is 2. The zero-order valence-corrected chi connectivity index (χ0v) is 11.2. The van der Waals surface area contributed by atoms with Crippen molar-refractivity contribution in [3.63, 3.8) is 0 Å². The third kappa shape index (κ3) is 7.97. The molecule has 3 heteroatoms. The lowest BCUT2D eigenvalue weighted by atomic mass is 10.1. The van der Waals surface area contributed by atoms with Gasteiger partial charge < -0.3 is 10.3 Å². The van der Waals surface area contributed by atoms with Crippen molar-refractivity contribution in [1.29, 1.82) is 0 Å². The van der Waals surface area contributed by atoms with Crippen LogP contribution in [0.3, 0.4) is 0 Å². The SMILES string of the molecule is CCCCCCCCCCNCc1ncc[nH]1. The molecule has 3 nitrogen and oxygen atoms in total. The van der Waals surface area contributed by atoms with Gasteiger partial charge in [-0.1, -0.05) is 51.9 Å². The molecule has 0 aliphatic heterocycles. The van der Waals surface area contributed by atoms with Crippen LogP contribution in [0.5, 0.6) is 0 Å². The van der Waals surface area contributed by atoms with Gasteiger partial charge in [0.05, 0.1) is 6.54 Å². The summed E-state index contributed by atoms with van der Waals surface area (Å²) in [5.41, 5.74) is 0. The van der Waals surface area contributed by atoms with Crippen molar-refractivity contribution in [2.45, 2.75) is 64.8 Å². The molecule has 0 atom stereocenters. The minimum absolute atomic E-state index is 0.865. The first kappa shape index (κ1) is 14.2. The molecule has 0 amide bonds. The van der Waals surface area contributed by atoms with Crippen LogP contribution in [0, 0.1) is 0 Å². The Morgan fingerprint density at radius 2 is 1.76 bits per heavy atom. The third-order valence-electron chi connectivity index (χ3n) is 3.05. The second-order valence-electron chi connectivity index (χ2n) is 4.69. The first-order valence-electron chi connectivity index (χ1n) is 7.12. The summed E-state index contributed by atoms with van der Waals surface area (Å²) in [6.45, 7) is 4.24. The smallest absolute Gasteiger partial charge is 0.120 e. The molecule has 0 spiro atoms. The second kappa shape index (κ2) is 10.3. The maximum atomic E-state index is 4.17. The summed E-state index contributed by atoms with van der Waals surface area (Å²) in [6, 6.07) is 0. The van der Waals surface area contributed by atoms with Crippen LogP contribution in [-0.2, 0) is 6.54 Å². The van der Waals surface area contributed by atoms with Gasteiger partial charge >= 0.3 is 0 Å². The molecule has 1 heterocycles. The Balaban J connectivity index is 1.76. The number of unbranched alkanes of at least 4 members (excludes halogenated alkanes) is 7. The van der Waals surface area contributed by atoms with Gasteiger partial charge in [0.2, 0.25) is 0 Å². The van der Waals surface area contributed by atoms with E-state index in [0.29, 0.717) is 0 Å². The van der Waals surface area contributed by atoms with E-state index in [1.165, 1.54) is 51.4 Å². The van der Waals surface area contributed by atoms with E-state index in [9.17, 15) is 0 Å². The molecule has 0 fully saturated rings. The molecule has 98 valence electrons. The molecule has 0 bridgehead atoms. The summed E-state index contributed by atoms with van der Waals surface area (Å²) < 4.78 is 0. The highest BCUT2D eigenvalue weighted by atomic mass is 15.0. The van der Waals surface area contributed by atoms with Crippen LogP contribution >= 0.6 is 0 Å². The molecule has 0 aliphatic rings. The molecular formula is C14H27N3. The van der Waals surface area contributed by atoms with Gasteiger partial charge in [0, 0.05) is 12.4 Å². The van der Waals surface area contributed by atoms with Crippen molar-refractivity contribution in [3.8, 4) is 0 Å². The van der Waals surface area contributed by atoms with Gasteiger partial charge in [-0.05, 0) is 13.0 Å². The van der Waals surface area contributed by atoms with Crippen molar-refractivity contribution < 1.29 is 0 Å².